The van der Waals surface area contributed by atoms with E-state index in [0.717, 1.165) is 16.4 Å². The van der Waals surface area contributed by atoms with E-state index in [2.05, 4.69) is 10.3 Å². The van der Waals surface area contributed by atoms with Gasteiger partial charge in [-0.2, -0.15) is 0 Å². The lowest BCUT2D eigenvalue weighted by Gasteiger charge is -2.12. The summed E-state index contributed by atoms with van der Waals surface area (Å²) < 4.78 is 1.97. The molecular formula is C15H19N3O2S. The fourth-order valence-corrected chi connectivity index (χ4v) is 2.68. The highest BCUT2D eigenvalue weighted by Crippen LogP contribution is 2.22. The third-order valence-corrected chi connectivity index (χ3v) is 3.96. The first-order chi connectivity index (χ1) is 10.1. The summed E-state index contributed by atoms with van der Waals surface area (Å²) in [4.78, 5) is 16.0. The number of hydrogen-bond acceptors (Lipinski definition) is 4. The van der Waals surface area contributed by atoms with E-state index in [9.17, 15) is 4.79 Å². The van der Waals surface area contributed by atoms with Crippen LogP contribution in [0.3, 0.4) is 0 Å². The second-order valence-electron chi connectivity index (χ2n) is 4.81. The first-order valence-corrected chi connectivity index (χ1v) is 7.72. The van der Waals surface area contributed by atoms with Crippen molar-refractivity contribution < 1.29 is 9.90 Å². The van der Waals surface area contributed by atoms with E-state index in [-0.39, 0.29) is 24.3 Å². The standard InChI is InChI=1S/C15H19N3O2S/c1-11-5-3-4-6-13(11)18-8-7-16-15(18)21-10-14(20)17-12(2)9-19/h3-8,12,19H,9-10H2,1-2H3,(H,17,20). The largest absolute Gasteiger partial charge is 0.394 e. The van der Waals surface area contributed by atoms with E-state index >= 15 is 0 Å². The fraction of sp³-hybridized carbons (Fsp3) is 0.333. The van der Waals surface area contributed by atoms with Crippen LogP contribution >= 0.6 is 11.8 Å². The minimum atomic E-state index is -0.228. The molecule has 112 valence electrons. The van der Waals surface area contributed by atoms with Crippen LogP contribution in [0, 0.1) is 6.92 Å². The van der Waals surface area contributed by atoms with Gasteiger partial charge in [-0.1, -0.05) is 30.0 Å². The molecule has 5 nitrogen and oxygen atoms in total. The van der Waals surface area contributed by atoms with Crippen molar-refractivity contribution >= 4 is 17.7 Å². The molecule has 2 aromatic rings. The number of nitrogens with one attached hydrogen (secondary N) is 1. The van der Waals surface area contributed by atoms with Crippen LogP contribution in [0.15, 0.2) is 41.8 Å². The van der Waals surface area contributed by atoms with Crippen LogP contribution in [0.25, 0.3) is 5.69 Å². The molecule has 0 aliphatic rings. The average Bonchev–Trinajstić information content (AvgIpc) is 2.93. The second-order valence-corrected chi connectivity index (χ2v) is 5.75. The van der Waals surface area contributed by atoms with Crippen LogP contribution in [0.5, 0.6) is 0 Å². The number of aliphatic hydroxyl groups is 1. The van der Waals surface area contributed by atoms with Crippen LogP contribution < -0.4 is 5.32 Å². The Morgan fingerprint density at radius 1 is 1.48 bits per heavy atom. The fourth-order valence-electron chi connectivity index (χ4n) is 1.91. The molecule has 2 rings (SSSR count). The van der Waals surface area contributed by atoms with Gasteiger partial charge in [-0.15, -0.1) is 0 Å². The van der Waals surface area contributed by atoms with Crippen LogP contribution in [-0.2, 0) is 4.79 Å². The predicted octanol–water partition coefficient (Wildman–Crippen LogP) is 1.77. The predicted molar refractivity (Wildman–Crippen MR) is 83.7 cm³/mol. The van der Waals surface area contributed by atoms with Crippen LogP contribution in [-0.4, -0.2) is 39.0 Å². The molecular weight excluding hydrogens is 286 g/mol. The highest BCUT2D eigenvalue weighted by Gasteiger charge is 2.11. The lowest BCUT2D eigenvalue weighted by Crippen LogP contribution is -2.36. The van der Waals surface area contributed by atoms with E-state index < -0.39 is 0 Å². The summed E-state index contributed by atoms with van der Waals surface area (Å²) in [6.45, 7) is 3.74. The molecule has 1 atom stereocenters. The zero-order chi connectivity index (χ0) is 15.2. The van der Waals surface area contributed by atoms with Crippen molar-refractivity contribution in [2.45, 2.75) is 25.0 Å². The van der Waals surface area contributed by atoms with Gasteiger partial charge in [-0.3, -0.25) is 9.36 Å². The molecule has 0 aliphatic heterocycles. The second kappa shape index (κ2) is 7.28. The number of aliphatic hydroxyl groups excluding tert-OH is 1. The van der Waals surface area contributed by atoms with Gasteiger partial charge in [0.2, 0.25) is 5.91 Å². The molecule has 2 N–H and O–H groups in total. The number of rotatable bonds is 6. The molecule has 21 heavy (non-hydrogen) atoms. The van der Waals surface area contributed by atoms with Crippen molar-refractivity contribution in [1.82, 2.24) is 14.9 Å². The summed E-state index contributed by atoms with van der Waals surface area (Å²) in [5.74, 6) is 0.161. The smallest absolute Gasteiger partial charge is 0.230 e. The highest BCUT2D eigenvalue weighted by molar-refractivity contribution is 7.99. The normalized spacial score (nSPS) is 12.1. The van der Waals surface area contributed by atoms with Crippen molar-refractivity contribution in [3.05, 3.63) is 42.2 Å². The minimum absolute atomic E-state index is 0.0613. The number of carbonyl (C=O) groups excluding carboxylic acids is 1. The molecule has 6 heteroatoms. The number of carbonyl (C=O) groups is 1. The number of thioether (sulfide) groups is 1. The Hall–Kier alpha value is -1.79. The number of imidazole rings is 1. The Kier molecular flexibility index (Phi) is 5.41. The van der Waals surface area contributed by atoms with Gasteiger partial charge in [-0.05, 0) is 25.5 Å². The first-order valence-electron chi connectivity index (χ1n) is 6.74. The van der Waals surface area contributed by atoms with E-state index in [1.165, 1.54) is 11.8 Å². The molecule has 0 bridgehead atoms. The number of hydrogen-bond donors (Lipinski definition) is 2. The molecule has 1 heterocycles. The van der Waals surface area contributed by atoms with Gasteiger partial charge in [0.05, 0.1) is 18.0 Å². The maximum absolute atomic E-state index is 11.7. The molecule has 0 spiro atoms. The third-order valence-electron chi connectivity index (χ3n) is 3.00. The molecule has 0 saturated heterocycles. The van der Waals surface area contributed by atoms with Gasteiger partial charge < -0.3 is 10.4 Å². The number of para-hydroxylation sites is 1. The van der Waals surface area contributed by atoms with Crippen molar-refractivity contribution in [1.29, 1.82) is 0 Å². The van der Waals surface area contributed by atoms with E-state index in [1.807, 2.05) is 42.0 Å². The summed E-state index contributed by atoms with van der Waals surface area (Å²) in [6, 6.07) is 7.81. The van der Waals surface area contributed by atoms with Crippen LogP contribution in [0.1, 0.15) is 12.5 Å². The molecule has 1 aromatic heterocycles. The number of benzene rings is 1. The molecule has 1 unspecified atom stereocenters. The summed E-state index contributed by atoms with van der Waals surface area (Å²) in [6.07, 6.45) is 3.61. The van der Waals surface area contributed by atoms with Crippen LogP contribution in [0.4, 0.5) is 0 Å². The van der Waals surface area contributed by atoms with Gasteiger partial charge in [0.15, 0.2) is 5.16 Å². The Bertz CT molecular complexity index is 612. The van der Waals surface area contributed by atoms with Gasteiger partial charge in [0.25, 0.3) is 0 Å². The van der Waals surface area contributed by atoms with Crippen molar-refractivity contribution in [3.63, 3.8) is 0 Å². The van der Waals surface area contributed by atoms with Crippen LogP contribution in [0.2, 0.25) is 0 Å². The van der Waals surface area contributed by atoms with Gasteiger partial charge in [-0.25, -0.2) is 4.98 Å². The number of aryl methyl sites for hydroxylation is 1. The van der Waals surface area contributed by atoms with E-state index in [0.29, 0.717) is 0 Å². The number of amides is 1. The topological polar surface area (TPSA) is 67.2 Å². The first kappa shape index (κ1) is 15.6. The SMILES string of the molecule is Cc1ccccc1-n1ccnc1SCC(=O)NC(C)CO. The number of aromatic nitrogens is 2. The average molecular weight is 305 g/mol. The molecule has 0 aliphatic carbocycles. The lowest BCUT2D eigenvalue weighted by molar-refractivity contribution is -0.119. The van der Waals surface area contributed by atoms with E-state index in [1.54, 1.807) is 13.1 Å². The number of nitrogens with zero attached hydrogens (tertiary/aromatic N) is 2. The maximum Gasteiger partial charge on any atom is 0.230 e. The summed E-state index contributed by atoms with van der Waals surface area (Å²) in [7, 11) is 0. The maximum atomic E-state index is 11.7. The van der Waals surface area contributed by atoms with Gasteiger partial charge in [0.1, 0.15) is 0 Å². The molecule has 1 aromatic carbocycles. The molecule has 0 radical (unpaired) electrons. The Morgan fingerprint density at radius 2 is 2.24 bits per heavy atom. The quantitative estimate of drug-likeness (QED) is 0.798. The van der Waals surface area contributed by atoms with Gasteiger partial charge >= 0.3 is 0 Å². The molecule has 1 amide bonds. The third kappa shape index (κ3) is 4.09. The Labute approximate surface area is 128 Å². The zero-order valence-electron chi connectivity index (χ0n) is 12.1. The van der Waals surface area contributed by atoms with Crippen molar-refractivity contribution in [2.24, 2.45) is 0 Å². The molecule has 0 saturated carbocycles. The van der Waals surface area contributed by atoms with E-state index in [4.69, 9.17) is 5.11 Å². The Morgan fingerprint density at radius 3 is 2.95 bits per heavy atom. The minimum Gasteiger partial charge on any atom is -0.394 e. The lowest BCUT2D eigenvalue weighted by atomic mass is 10.2. The van der Waals surface area contributed by atoms with Crippen molar-refractivity contribution in [3.8, 4) is 5.69 Å². The highest BCUT2D eigenvalue weighted by atomic mass is 32.2. The van der Waals surface area contributed by atoms with Gasteiger partial charge in [0, 0.05) is 18.4 Å². The Balaban J connectivity index is 2.05. The van der Waals surface area contributed by atoms with Crippen molar-refractivity contribution in [2.75, 3.05) is 12.4 Å². The summed E-state index contributed by atoms with van der Waals surface area (Å²) in [5, 5.41) is 12.4. The zero-order valence-corrected chi connectivity index (χ0v) is 12.9. The summed E-state index contributed by atoms with van der Waals surface area (Å²) in [5.41, 5.74) is 2.21. The summed E-state index contributed by atoms with van der Waals surface area (Å²) >= 11 is 1.38. The molecule has 0 fully saturated rings. The monoisotopic (exact) mass is 305 g/mol.